The van der Waals surface area contributed by atoms with E-state index < -0.39 is 0 Å². The molecule has 0 aromatic heterocycles. The zero-order valence-electron chi connectivity index (χ0n) is 9.99. The van der Waals surface area contributed by atoms with Crippen LogP contribution >= 0.6 is 0 Å². The van der Waals surface area contributed by atoms with Gasteiger partial charge in [0.15, 0.2) is 0 Å². The minimum Gasteiger partial charge on any atom is -0.460 e. The van der Waals surface area contributed by atoms with Crippen molar-refractivity contribution in [1.82, 2.24) is 0 Å². The van der Waals surface area contributed by atoms with E-state index in [2.05, 4.69) is 0 Å². The second-order valence-corrected chi connectivity index (χ2v) is 3.67. The van der Waals surface area contributed by atoms with Crippen LogP contribution in [0.15, 0.2) is 0 Å². The molecule has 0 radical (unpaired) electrons. The number of carbonyl (C=O) groups is 1. The van der Waals surface area contributed by atoms with Crippen molar-refractivity contribution in [2.75, 3.05) is 19.8 Å². The van der Waals surface area contributed by atoms with Crippen LogP contribution in [0.5, 0.6) is 0 Å². The molecule has 15 heavy (non-hydrogen) atoms. The van der Waals surface area contributed by atoms with Gasteiger partial charge in [0.25, 0.3) is 0 Å². The summed E-state index contributed by atoms with van der Waals surface area (Å²) in [5.74, 6) is 0.0521. The molecular formula is C11H23NO3. The lowest BCUT2D eigenvalue weighted by molar-refractivity contribution is -0.152. The highest BCUT2D eigenvalue weighted by atomic mass is 16.6. The highest BCUT2D eigenvalue weighted by molar-refractivity contribution is 5.69. The maximum atomic E-state index is 11.4. The molecule has 0 saturated carbocycles. The minimum atomic E-state index is -0.181. The van der Waals surface area contributed by atoms with E-state index in [0.29, 0.717) is 26.2 Å². The topological polar surface area (TPSA) is 61.5 Å². The number of nitrogens with two attached hydrogens (primary N) is 1. The maximum absolute atomic E-state index is 11.4. The number of esters is 1. The van der Waals surface area contributed by atoms with Gasteiger partial charge in [-0.2, -0.15) is 0 Å². The molecule has 0 aromatic carbocycles. The molecule has 4 nitrogen and oxygen atoms in total. The van der Waals surface area contributed by atoms with E-state index in [1.54, 1.807) is 0 Å². The SMILES string of the molecule is CCOCC(C)OC(=O)CC(CC)CN. The Hall–Kier alpha value is -0.610. The van der Waals surface area contributed by atoms with Crippen molar-refractivity contribution >= 4 is 5.97 Å². The smallest absolute Gasteiger partial charge is 0.306 e. The molecule has 0 rings (SSSR count). The third-order valence-corrected chi connectivity index (χ3v) is 2.26. The quantitative estimate of drug-likeness (QED) is 0.623. The second kappa shape index (κ2) is 8.68. The summed E-state index contributed by atoms with van der Waals surface area (Å²) in [6, 6.07) is 0. The molecule has 0 aromatic rings. The van der Waals surface area contributed by atoms with Crippen LogP contribution in [0.2, 0.25) is 0 Å². The van der Waals surface area contributed by atoms with Gasteiger partial charge in [-0.1, -0.05) is 13.3 Å². The van der Waals surface area contributed by atoms with Gasteiger partial charge in [0.05, 0.1) is 6.61 Å². The average Bonchev–Trinajstić information content (AvgIpc) is 2.22. The number of rotatable bonds is 8. The van der Waals surface area contributed by atoms with Crippen molar-refractivity contribution < 1.29 is 14.3 Å². The zero-order chi connectivity index (χ0) is 11.7. The summed E-state index contributed by atoms with van der Waals surface area (Å²) in [5.41, 5.74) is 5.51. The third kappa shape index (κ3) is 7.33. The standard InChI is InChI=1S/C11H23NO3/c1-4-10(7-12)6-11(13)15-9(3)8-14-5-2/h9-10H,4-8,12H2,1-3H3. The molecule has 0 aliphatic heterocycles. The molecule has 0 bridgehead atoms. The van der Waals surface area contributed by atoms with Crippen LogP contribution in [0.1, 0.15) is 33.6 Å². The Morgan fingerprint density at radius 1 is 1.40 bits per heavy atom. The van der Waals surface area contributed by atoms with Crippen LogP contribution in [0.25, 0.3) is 0 Å². The summed E-state index contributed by atoms with van der Waals surface area (Å²) in [4.78, 5) is 11.4. The molecule has 0 spiro atoms. The van der Waals surface area contributed by atoms with Crippen molar-refractivity contribution in [2.45, 2.75) is 39.7 Å². The summed E-state index contributed by atoms with van der Waals surface area (Å²) in [6.45, 7) is 7.40. The van der Waals surface area contributed by atoms with Gasteiger partial charge in [-0.3, -0.25) is 4.79 Å². The van der Waals surface area contributed by atoms with Gasteiger partial charge in [-0.15, -0.1) is 0 Å². The van der Waals surface area contributed by atoms with Crippen LogP contribution in [-0.4, -0.2) is 31.8 Å². The molecule has 0 heterocycles. The Morgan fingerprint density at radius 2 is 2.07 bits per heavy atom. The van der Waals surface area contributed by atoms with Gasteiger partial charge in [-0.25, -0.2) is 0 Å². The highest BCUT2D eigenvalue weighted by Gasteiger charge is 2.14. The first-order chi connectivity index (χ1) is 7.13. The van der Waals surface area contributed by atoms with E-state index in [0.717, 1.165) is 6.42 Å². The molecular weight excluding hydrogens is 194 g/mol. The molecule has 0 aliphatic rings. The van der Waals surface area contributed by atoms with Crippen LogP contribution in [0, 0.1) is 5.92 Å². The van der Waals surface area contributed by atoms with Gasteiger partial charge in [0.1, 0.15) is 6.10 Å². The van der Waals surface area contributed by atoms with Crippen LogP contribution < -0.4 is 5.73 Å². The van der Waals surface area contributed by atoms with Gasteiger partial charge in [-0.05, 0) is 26.3 Å². The fourth-order valence-corrected chi connectivity index (χ4v) is 1.22. The first-order valence-corrected chi connectivity index (χ1v) is 5.61. The van der Waals surface area contributed by atoms with E-state index in [-0.39, 0.29) is 18.0 Å². The molecule has 2 N–H and O–H groups in total. The Balaban J connectivity index is 3.71. The predicted molar refractivity (Wildman–Crippen MR) is 59.5 cm³/mol. The van der Waals surface area contributed by atoms with E-state index in [1.165, 1.54) is 0 Å². The van der Waals surface area contributed by atoms with E-state index in [9.17, 15) is 4.79 Å². The predicted octanol–water partition coefficient (Wildman–Crippen LogP) is 1.33. The number of ether oxygens (including phenoxy) is 2. The molecule has 4 heteroatoms. The molecule has 0 amide bonds. The van der Waals surface area contributed by atoms with Crippen LogP contribution in [0.3, 0.4) is 0 Å². The molecule has 0 fully saturated rings. The fraction of sp³-hybridized carbons (Fsp3) is 0.909. The monoisotopic (exact) mass is 217 g/mol. The fourth-order valence-electron chi connectivity index (χ4n) is 1.22. The van der Waals surface area contributed by atoms with Crippen LogP contribution in [-0.2, 0) is 14.3 Å². The Kier molecular flexibility index (Phi) is 8.33. The summed E-state index contributed by atoms with van der Waals surface area (Å²) < 4.78 is 10.3. The van der Waals surface area contributed by atoms with Crippen molar-refractivity contribution in [3.63, 3.8) is 0 Å². The molecule has 2 unspecified atom stereocenters. The van der Waals surface area contributed by atoms with Gasteiger partial charge < -0.3 is 15.2 Å². The maximum Gasteiger partial charge on any atom is 0.306 e. The third-order valence-electron chi connectivity index (χ3n) is 2.26. The van der Waals surface area contributed by atoms with Crippen molar-refractivity contribution in [3.05, 3.63) is 0 Å². The molecule has 90 valence electrons. The lowest BCUT2D eigenvalue weighted by atomic mass is 10.0. The second-order valence-electron chi connectivity index (χ2n) is 3.67. The Labute approximate surface area is 92.1 Å². The molecule has 0 aliphatic carbocycles. The average molecular weight is 217 g/mol. The van der Waals surface area contributed by atoms with E-state index >= 15 is 0 Å². The Bertz CT molecular complexity index is 169. The summed E-state index contributed by atoms with van der Waals surface area (Å²) >= 11 is 0. The van der Waals surface area contributed by atoms with Gasteiger partial charge >= 0.3 is 5.97 Å². The first-order valence-electron chi connectivity index (χ1n) is 5.61. The lowest BCUT2D eigenvalue weighted by Gasteiger charge is -2.15. The first kappa shape index (κ1) is 14.4. The summed E-state index contributed by atoms with van der Waals surface area (Å²) in [7, 11) is 0. The highest BCUT2D eigenvalue weighted by Crippen LogP contribution is 2.08. The van der Waals surface area contributed by atoms with Crippen molar-refractivity contribution in [2.24, 2.45) is 11.7 Å². The number of hydrogen-bond donors (Lipinski definition) is 1. The van der Waals surface area contributed by atoms with E-state index in [4.69, 9.17) is 15.2 Å². The van der Waals surface area contributed by atoms with Gasteiger partial charge in [0, 0.05) is 13.0 Å². The normalized spacial score (nSPS) is 14.7. The number of hydrogen-bond acceptors (Lipinski definition) is 4. The zero-order valence-corrected chi connectivity index (χ0v) is 9.99. The molecule has 0 saturated heterocycles. The van der Waals surface area contributed by atoms with Crippen molar-refractivity contribution in [1.29, 1.82) is 0 Å². The number of carbonyl (C=O) groups excluding carboxylic acids is 1. The van der Waals surface area contributed by atoms with Crippen molar-refractivity contribution in [3.8, 4) is 0 Å². The largest absolute Gasteiger partial charge is 0.460 e. The molecule has 2 atom stereocenters. The summed E-state index contributed by atoms with van der Waals surface area (Å²) in [5, 5.41) is 0. The van der Waals surface area contributed by atoms with Gasteiger partial charge in [0.2, 0.25) is 0 Å². The van der Waals surface area contributed by atoms with Crippen LogP contribution in [0.4, 0.5) is 0 Å². The minimum absolute atomic E-state index is 0.173. The Morgan fingerprint density at radius 3 is 2.53 bits per heavy atom. The lowest BCUT2D eigenvalue weighted by Crippen LogP contribution is -2.24. The summed E-state index contributed by atoms with van der Waals surface area (Å²) in [6.07, 6.45) is 1.14. The van der Waals surface area contributed by atoms with E-state index in [1.807, 2.05) is 20.8 Å².